The molecular weight excluding hydrogens is 508 g/mol. The first kappa shape index (κ1) is 24.6. The summed E-state index contributed by atoms with van der Waals surface area (Å²) in [4.78, 5) is 23.8. The molecule has 0 heterocycles. The third kappa shape index (κ3) is 7.52. The van der Waals surface area contributed by atoms with Gasteiger partial charge in [-0.2, -0.15) is 4.72 Å². The average Bonchev–Trinajstić information content (AvgIpc) is 2.79. The Balaban J connectivity index is 1.77. The number of carboxylic acids is 1. The van der Waals surface area contributed by atoms with Gasteiger partial charge in [0.1, 0.15) is 6.04 Å². The van der Waals surface area contributed by atoms with Crippen molar-refractivity contribution in [2.24, 2.45) is 0 Å². The van der Waals surface area contributed by atoms with Crippen LogP contribution in [0, 0.1) is 0 Å². The molecule has 0 radical (unpaired) electrons. The standard InChI is InChI=1S/C24H23BrN2O5S/c25-19-9-13-21(14-10-19)33(31,32)27-22(16-18-4-2-1-3-5-18)24(30)26-20-11-6-17(7-12-20)8-15-23(28)29/h1-7,9-14,22,27H,8,15-16H2,(H,26,30)(H,28,29)/t22-/m0/s1. The number of hydrogen-bond acceptors (Lipinski definition) is 4. The lowest BCUT2D eigenvalue weighted by molar-refractivity contribution is -0.137. The Morgan fingerprint density at radius 2 is 1.52 bits per heavy atom. The first-order valence-corrected chi connectivity index (χ1v) is 12.4. The van der Waals surface area contributed by atoms with Crippen LogP contribution >= 0.6 is 15.9 Å². The second-order valence-corrected chi connectivity index (χ2v) is 10.0. The molecule has 3 rings (SSSR count). The van der Waals surface area contributed by atoms with E-state index in [0.29, 0.717) is 12.1 Å². The minimum absolute atomic E-state index is 0.0166. The van der Waals surface area contributed by atoms with Crippen LogP contribution < -0.4 is 10.0 Å². The van der Waals surface area contributed by atoms with Crippen molar-refractivity contribution in [2.75, 3.05) is 5.32 Å². The van der Waals surface area contributed by atoms with E-state index in [1.807, 2.05) is 30.3 Å². The van der Waals surface area contributed by atoms with Gasteiger partial charge < -0.3 is 10.4 Å². The van der Waals surface area contributed by atoms with Gasteiger partial charge in [-0.05, 0) is 60.4 Å². The van der Waals surface area contributed by atoms with Crippen LogP contribution in [0.3, 0.4) is 0 Å². The first-order chi connectivity index (χ1) is 15.7. The molecule has 3 aromatic rings. The average molecular weight is 531 g/mol. The molecule has 3 N–H and O–H groups in total. The molecule has 33 heavy (non-hydrogen) atoms. The second kappa shape index (κ2) is 11.2. The van der Waals surface area contributed by atoms with E-state index >= 15 is 0 Å². The second-order valence-electron chi connectivity index (χ2n) is 7.40. The van der Waals surface area contributed by atoms with Crippen molar-refractivity contribution in [2.45, 2.75) is 30.2 Å². The zero-order valence-corrected chi connectivity index (χ0v) is 20.0. The van der Waals surface area contributed by atoms with E-state index in [2.05, 4.69) is 26.0 Å². The maximum atomic E-state index is 13.1. The smallest absolute Gasteiger partial charge is 0.303 e. The van der Waals surface area contributed by atoms with Crippen molar-refractivity contribution in [1.82, 2.24) is 4.72 Å². The number of anilines is 1. The van der Waals surface area contributed by atoms with E-state index < -0.39 is 27.9 Å². The van der Waals surface area contributed by atoms with Crippen molar-refractivity contribution in [3.8, 4) is 0 Å². The van der Waals surface area contributed by atoms with Crippen LogP contribution in [-0.2, 0) is 32.5 Å². The van der Waals surface area contributed by atoms with E-state index in [-0.39, 0.29) is 17.7 Å². The molecule has 7 nitrogen and oxygen atoms in total. The summed E-state index contributed by atoms with van der Waals surface area (Å²) < 4.78 is 29.1. The summed E-state index contributed by atoms with van der Waals surface area (Å²) >= 11 is 3.28. The molecule has 1 atom stereocenters. The summed E-state index contributed by atoms with van der Waals surface area (Å²) in [6, 6.07) is 21.0. The normalized spacial score (nSPS) is 12.2. The zero-order chi connectivity index (χ0) is 23.8. The van der Waals surface area contributed by atoms with E-state index in [1.54, 1.807) is 36.4 Å². The Morgan fingerprint density at radius 1 is 0.879 bits per heavy atom. The minimum atomic E-state index is -3.94. The number of rotatable bonds is 10. The van der Waals surface area contributed by atoms with Crippen LogP contribution in [0.1, 0.15) is 17.5 Å². The van der Waals surface area contributed by atoms with Crippen molar-refractivity contribution in [3.05, 3.63) is 94.5 Å². The van der Waals surface area contributed by atoms with E-state index in [9.17, 15) is 18.0 Å². The fourth-order valence-electron chi connectivity index (χ4n) is 3.14. The van der Waals surface area contributed by atoms with E-state index in [4.69, 9.17) is 5.11 Å². The summed E-state index contributed by atoms with van der Waals surface area (Å²) in [5.74, 6) is -1.38. The number of benzene rings is 3. The minimum Gasteiger partial charge on any atom is -0.481 e. The van der Waals surface area contributed by atoms with E-state index in [0.717, 1.165) is 15.6 Å². The monoisotopic (exact) mass is 530 g/mol. The van der Waals surface area contributed by atoms with Gasteiger partial charge in [0.2, 0.25) is 15.9 Å². The molecule has 0 saturated carbocycles. The van der Waals surface area contributed by atoms with Gasteiger partial charge in [-0.15, -0.1) is 0 Å². The number of carboxylic acid groups (broad SMARTS) is 1. The number of sulfonamides is 1. The summed E-state index contributed by atoms with van der Waals surface area (Å²) in [6.07, 6.45) is 0.564. The van der Waals surface area contributed by atoms with Crippen molar-refractivity contribution < 1.29 is 23.1 Å². The number of carbonyl (C=O) groups is 2. The van der Waals surface area contributed by atoms with Crippen LogP contribution in [0.2, 0.25) is 0 Å². The highest BCUT2D eigenvalue weighted by Crippen LogP contribution is 2.17. The van der Waals surface area contributed by atoms with Gasteiger partial charge >= 0.3 is 5.97 Å². The molecule has 0 aliphatic carbocycles. The molecule has 0 fully saturated rings. The van der Waals surface area contributed by atoms with Gasteiger partial charge in [0.05, 0.1) is 4.90 Å². The molecule has 1 amide bonds. The molecule has 0 unspecified atom stereocenters. The van der Waals surface area contributed by atoms with Crippen molar-refractivity contribution in [3.63, 3.8) is 0 Å². The van der Waals surface area contributed by atoms with Gasteiger partial charge in [0, 0.05) is 16.6 Å². The topological polar surface area (TPSA) is 113 Å². The molecule has 0 bridgehead atoms. The van der Waals surface area contributed by atoms with Crippen LogP contribution in [0.4, 0.5) is 5.69 Å². The third-order valence-corrected chi connectivity index (χ3v) is 6.89. The Kier molecular flexibility index (Phi) is 8.37. The number of carbonyl (C=O) groups excluding carboxylic acids is 1. The molecule has 0 spiro atoms. The maximum absolute atomic E-state index is 13.1. The summed E-state index contributed by atoms with van der Waals surface area (Å²) in [7, 11) is -3.94. The quantitative estimate of drug-likeness (QED) is 0.366. The number of aryl methyl sites for hydroxylation is 1. The fraction of sp³-hybridized carbons (Fsp3) is 0.167. The molecule has 3 aromatic carbocycles. The SMILES string of the molecule is O=C(O)CCc1ccc(NC(=O)[C@H](Cc2ccccc2)NS(=O)(=O)c2ccc(Br)cc2)cc1. The number of aliphatic carboxylic acids is 1. The Bertz CT molecular complexity index is 1200. The fourth-order valence-corrected chi connectivity index (χ4v) is 4.60. The predicted molar refractivity (Wildman–Crippen MR) is 129 cm³/mol. The number of nitrogens with one attached hydrogen (secondary N) is 2. The molecule has 172 valence electrons. The highest BCUT2D eigenvalue weighted by Gasteiger charge is 2.26. The van der Waals surface area contributed by atoms with Crippen molar-refractivity contribution in [1.29, 1.82) is 0 Å². The first-order valence-electron chi connectivity index (χ1n) is 10.2. The molecule has 0 aliphatic rings. The van der Waals surface area contributed by atoms with Gasteiger partial charge in [-0.1, -0.05) is 58.4 Å². The van der Waals surface area contributed by atoms with Gasteiger partial charge in [0.25, 0.3) is 0 Å². The number of hydrogen-bond donors (Lipinski definition) is 3. The Hall–Kier alpha value is -3.01. The van der Waals surface area contributed by atoms with Crippen LogP contribution in [-0.4, -0.2) is 31.4 Å². The van der Waals surface area contributed by atoms with Gasteiger partial charge in [-0.25, -0.2) is 8.42 Å². The molecule has 0 aromatic heterocycles. The maximum Gasteiger partial charge on any atom is 0.303 e. The van der Waals surface area contributed by atoms with Crippen LogP contribution in [0.25, 0.3) is 0 Å². The van der Waals surface area contributed by atoms with Gasteiger partial charge in [0.15, 0.2) is 0 Å². The molecule has 0 aliphatic heterocycles. The Labute approximate surface area is 201 Å². The summed E-state index contributed by atoms with van der Waals surface area (Å²) in [5.41, 5.74) is 2.12. The summed E-state index contributed by atoms with van der Waals surface area (Å²) in [5, 5.41) is 11.6. The predicted octanol–water partition coefficient (Wildman–Crippen LogP) is 3.99. The Morgan fingerprint density at radius 3 is 2.12 bits per heavy atom. The van der Waals surface area contributed by atoms with Crippen molar-refractivity contribution >= 4 is 43.5 Å². The van der Waals surface area contributed by atoms with E-state index in [1.165, 1.54) is 12.1 Å². The molecular formula is C24H23BrN2O5S. The number of halogens is 1. The molecule has 9 heteroatoms. The highest BCUT2D eigenvalue weighted by molar-refractivity contribution is 9.10. The summed E-state index contributed by atoms with van der Waals surface area (Å²) in [6.45, 7) is 0. The number of amides is 1. The lowest BCUT2D eigenvalue weighted by atomic mass is 10.1. The highest BCUT2D eigenvalue weighted by atomic mass is 79.9. The molecule has 0 saturated heterocycles. The zero-order valence-electron chi connectivity index (χ0n) is 17.6. The van der Waals surface area contributed by atoms with Crippen LogP contribution in [0.15, 0.2) is 88.2 Å². The van der Waals surface area contributed by atoms with Gasteiger partial charge in [-0.3, -0.25) is 9.59 Å². The third-order valence-electron chi connectivity index (χ3n) is 4.87. The van der Waals surface area contributed by atoms with Crippen LogP contribution in [0.5, 0.6) is 0 Å². The lowest BCUT2D eigenvalue weighted by Gasteiger charge is -2.19. The lowest BCUT2D eigenvalue weighted by Crippen LogP contribution is -2.45. The largest absolute Gasteiger partial charge is 0.481 e.